The molecule has 1 amide bonds. The van der Waals surface area contributed by atoms with Crippen LogP contribution in [0.25, 0.3) is 0 Å². The second kappa shape index (κ2) is 8.22. The predicted molar refractivity (Wildman–Crippen MR) is 110 cm³/mol. The van der Waals surface area contributed by atoms with E-state index in [2.05, 4.69) is 17.4 Å². The van der Waals surface area contributed by atoms with Gasteiger partial charge in [-0.15, -0.1) is 0 Å². The van der Waals surface area contributed by atoms with Gasteiger partial charge in [0, 0.05) is 7.05 Å². The minimum atomic E-state index is -3.32. The molecule has 0 radical (unpaired) electrons. The molecular weight excluding hydrogens is 376 g/mol. The number of rotatable bonds is 6. The number of anilines is 1. The summed E-state index contributed by atoms with van der Waals surface area (Å²) in [6.07, 6.45) is 3.50. The van der Waals surface area contributed by atoms with Gasteiger partial charge in [0.05, 0.1) is 18.0 Å². The topological polar surface area (TPSA) is 75.7 Å². The van der Waals surface area contributed by atoms with E-state index in [1.54, 1.807) is 31.2 Å². The summed E-state index contributed by atoms with van der Waals surface area (Å²) in [6.45, 7) is 1.71. The summed E-state index contributed by atoms with van der Waals surface area (Å²) in [5.74, 6) is 0.344. The number of nitrogens with zero attached hydrogens (tertiary/aromatic N) is 1. The lowest BCUT2D eigenvalue weighted by Crippen LogP contribution is -2.39. The molecule has 0 spiro atoms. The van der Waals surface area contributed by atoms with Crippen molar-refractivity contribution >= 4 is 21.6 Å². The molecule has 0 fully saturated rings. The fourth-order valence-electron chi connectivity index (χ4n) is 3.38. The second-order valence-electron chi connectivity index (χ2n) is 7.14. The molecule has 2 aromatic carbocycles. The van der Waals surface area contributed by atoms with E-state index in [0.29, 0.717) is 11.4 Å². The third kappa shape index (κ3) is 4.65. The number of amides is 1. The highest BCUT2D eigenvalue weighted by Crippen LogP contribution is 2.29. The number of hydrogen-bond donors (Lipinski definition) is 1. The number of nitrogens with one attached hydrogen (secondary N) is 1. The van der Waals surface area contributed by atoms with Crippen molar-refractivity contribution in [3.05, 3.63) is 59.7 Å². The molecular formula is C21H26N2O4S. The molecule has 150 valence electrons. The number of hydrogen-bond acceptors (Lipinski definition) is 4. The number of aryl methyl sites for hydroxylation is 1. The van der Waals surface area contributed by atoms with Crippen molar-refractivity contribution in [2.24, 2.45) is 0 Å². The maximum absolute atomic E-state index is 12.6. The van der Waals surface area contributed by atoms with Gasteiger partial charge < -0.3 is 10.1 Å². The number of ether oxygens (including phenoxy) is 1. The number of benzene rings is 2. The molecule has 1 aliphatic rings. The largest absolute Gasteiger partial charge is 0.481 e. The van der Waals surface area contributed by atoms with Crippen molar-refractivity contribution < 1.29 is 17.9 Å². The van der Waals surface area contributed by atoms with Crippen LogP contribution in [-0.4, -0.2) is 33.7 Å². The average Bonchev–Trinajstić information content (AvgIpc) is 2.67. The summed E-state index contributed by atoms with van der Waals surface area (Å²) in [4.78, 5) is 12.6. The Labute approximate surface area is 166 Å². The molecule has 6 nitrogen and oxygen atoms in total. The monoisotopic (exact) mass is 402 g/mol. The fourth-order valence-corrected chi connectivity index (χ4v) is 3.88. The summed E-state index contributed by atoms with van der Waals surface area (Å²) in [6, 6.07) is 14.8. The van der Waals surface area contributed by atoms with Crippen LogP contribution in [0.3, 0.4) is 0 Å². The van der Waals surface area contributed by atoms with Crippen molar-refractivity contribution in [2.45, 2.75) is 38.3 Å². The molecule has 2 atom stereocenters. The summed E-state index contributed by atoms with van der Waals surface area (Å²) >= 11 is 0. The van der Waals surface area contributed by atoms with Gasteiger partial charge in [0.1, 0.15) is 5.75 Å². The van der Waals surface area contributed by atoms with Crippen molar-refractivity contribution in [1.29, 1.82) is 0 Å². The minimum absolute atomic E-state index is 0.00860. The maximum atomic E-state index is 12.6. The Morgan fingerprint density at radius 2 is 1.86 bits per heavy atom. The van der Waals surface area contributed by atoms with Crippen molar-refractivity contribution in [2.75, 3.05) is 17.6 Å². The Kier molecular flexibility index (Phi) is 5.93. The third-order valence-corrected chi connectivity index (χ3v) is 6.27. The molecule has 0 aliphatic heterocycles. The molecule has 0 bridgehead atoms. The van der Waals surface area contributed by atoms with Gasteiger partial charge in [0.2, 0.25) is 10.0 Å². The maximum Gasteiger partial charge on any atom is 0.261 e. The number of carbonyl (C=O) groups is 1. The van der Waals surface area contributed by atoms with Gasteiger partial charge in [-0.2, -0.15) is 0 Å². The fraction of sp³-hybridized carbons (Fsp3) is 0.381. The van der Waals surface area contributed by atoms with E-state index in [9.17, 15) is 13.2 Å². The molecule has 0 unspecified atom stereocenters. The molecule has 3 rings (SSSR count). The highest BCUT2D eigenvalue weighted by Gasteiger charge is 2.24. The van der Waals surface area contributed by atoms with E-state index in [-0.39, 0.29) is 11.9 Å². The van der Waals surface area contributed by atoms with Crippen LogP contribution < -0.4 is 14.4 Å². The quantitative estimate of drug-likeness (QED) is 0.806. The first kappa shape index (κ1) is 20.2. The van der Waals surface area contributed by atoms with Gasteiger partial charge in [-0.1, -0.05) is 24.3 Å². The molecule has 28 heavy (non-hydrogen) atoms. The Hall–Kier alpha value is -2.54. The van der Waals surface area contributed by atoms with Crippen LogP contribution in [0.1, 0.15) is 36.9 Å². The highest BCUT2D eigenvalue weighted by atomic mass is 32.2. The van der Waals surface area contributed by atoms with Gasteiger partial charge in [0.25, 0.3) is 5.91 Å². The number of sulfonamides is 1. The van der Waals surface area contributed by atoms with Crippen LogP contribution in [0.15, 0.2) is 48.5 Å². The lowest BCUT2D eigenvalue weighted by Gasteiger charge is -2.27. The first-order valence-corrected chi connectivity index (χ1v) is 11.2. The number of fused-ring (bicyclic) bond motifs is 1. The minimum Gasteiger partial charge on any atom is -0.481 e. The summed E-state index contributed by atoms with van der Waals surface area (Å²) in [5, 5.41) is 3.09. The molecule has 7 heteroatoms. The zero-order chi connectivity index (χ0) is 20.3. The molecule has 0 saturated heterocycles. The van der Waals surface area contributed by atoms with E-state index in [0.717, 1.165) is 25.5 Å². The third-order valence-electron chi connectivity index (χ3n) is 5.07. The molecule has 1 N–H and O–H groups in total. The van der Waals surface area contributed by atoms with Gasteiger partial charge in [-0.25, -0.2) is 8.42 Å². The molecule has 0 heterocycles. The van der Waals surface area contributed by atoms with Gasteiger partial charge >= 0.3 is 0 Å². The van der Waals surface area contributed by atoms with Crippen LogP contribution in [0.5, 0.6) is 5.75 Å². The van der Waals surface area contributed by atoms with Crippen LogP contribution in [0, 0.1) is 0 Å². The van der Waals surface area contributed by atoms with Gasteiger partial charge in [-0.3, -0.25) is 9.10 Å². The van der Waals surface area contributed by atoms with Gasteiger partial charge in [-0.05, 0) is 61.6 Å². The van der Waals surface area contributed by atoms with Gasteiger partial charge in [0.15, 0.2) is 6.10 Å². The standard InChI is InChI=1S/C21H26N2O4S/c1-15(27-18-13-11-17(12-14-18)23(2)28(3,25)26)21(24)22-20-10-6-8-16-7-4-5-9-19(16)20/h4-5,7,9,11-15,20H,6,8,10H2,1-3H3,(H,22,24)/t15-,20-/m1/s1. The Morgan fingerprint density at radius 1 is 1.18 bits per heavy atom. The Bertz CT molecular complexity index is 941. The summed E-state index contributed by atoms with van der Waals surface area (Å²) in [5.41, 5.74) is 3.01. The predicted octanol–water partition coefficient (Wildman–Crippen LogP) is 3.04. The van der Waals surface area contributed by atoms with Crippen molar-refractivity contribution in [1.82, 2.24) is 5.32 Å². The van der Waals surface area contributed by atoms with Crippen LogP contribution in [0.2, 0.25) is 0 Å². The lowest BCUT2D eigenvalue weighted by molar-refractivity contribution is -0.128. The smallest absolute Gasteiger partial charge is 0.261 e. The van der Waals surface area contributed by atoms with E-state index < -0.39 is 16.1 Å². The Morgan fingerprint density at radius 3 is 2.54 bits per heavy atom. The second-order valence-corrected chi connectivity index (χ2v) is 9.15. The first-order valence-electron chi connectivity index (χ1n) is 9.34. The zero-order valence-electron chi connectivity index (χ0n) is 16.4. The molecule has 0 saturated carbocycles. The SMILES string of the molecule is C[C@@H](Oc1ccc(N(C)S(C)(=O)=O)cc1)C(=O)N[C@@H]1CCCc2ccccc21. The highest BCUT2D eigenvalue weighted by molar-refractivity contribution is 7.92. The summed E-state index contributed by atoms with van der Waals surface area (Å²) in [7, 11) is -1.83. The number of carbonyl (C=O) groups excluding carboxylic acids is 1. The van der Waals surface area contributed by atoms with Crippen molar-refractivity contribution in [3.63, 3.8) is 0 Å². The molecule has 2 aromatic rings. The van der Waals surface area contributed by atoms with E-state index in [1.165, 1.54) is 22.5 Å². The van der Waals surface area contributed by atoms with E-state index in [4.69, 9.17) is 4.74 Å². The zero-order valence-corrected chi connectivity index (χ0v) is 17.2. The van der Waals surface area contributed by atoms with Crippen LogP contribution >= 0.6 is 0 Å². The Balaban J connectivity index is 1.62. The summed E-state index contributed by atoms with van der Waals surface area (Å²) < 4.78 is 30.1. The molecule has 1 aliphatic carbocycles. The van der Waals surface area contributed by atoms with E-state index in [1.807, 2.05) is 12.1 Å². The van der Waals surface area contributed by atoms with Crippen LogP contribution in [-0.2, 0) is 21.2 Å². The van der Waals surface area contributed by atoms with E-state index >= 15 is 0 Å². The normalized spacial score (nSPS) is 17.3. The first-order chi connectivity index (χ1) is 13.3. The van der Waals surface area contributed by atoms with Crippen LogP contribution in [0.4, 0.5) is 5.69 Å². The van der Waals surface area contributed by atoms with Crippen molar-refractivity contribution in [3.8, 4) is 5.75 Å². The molecule has 0 aromatic heterocycles. The average molecular weight is 403 g/mol. The lowest BCUT2D eigenvalue weighted by atomic mass is 9.87.